The van der Waals surface area contributed by atoms with Crippen molar-refractivity contribution in [3.05, 3.63) is 33.8 Å². The molecule has 1 aromatic carbocycles. The molecule has 0 amide bonds. The Bertz CT molecular complexity index is 587. The number of halogens is 2. The summed E-state index contributed by atoms with van der Waals surface area (Å²) in [6.45, 7) is 4.40. The maximum Gasteiger partial charge on any atom is 0.217 e. The van der Waals surface area contributed by atoms with Gasteiger partial charge in [-0.05, 0) is 25.1 Å². The van der Waals surface area contributed by atoms with E-state index < -0.39 is 5.79 Å². The number of hydrogen-bond acceptors (Lipinski definition) is 6. The monoisotopic (exact) mass is 358 g/mol. The number of hydrogen-bond donors (Lipinski definition) is 2. The summed E-state index contributed by atoms with van der Waals surface area (Å²) in [4.78, 5) is 4.15. The fourth-order valence-corrected chi connectivity index (χ4v) is 3.21. The summed E-state index contributed by atoms with van der Waals surface area (Å²) >= 11 is 12.4. The van der Waals surface area contributed by atoms with Crippen LogP contribution in [0.2, 0.25) is 10.0 Å². The smallest absolute Gasteiger partial charge is 0.217 e. The van der Waals surface area contributed by atoms with Gasteiger partial charge in [-0.1, -0.05) is 36.2 Å². The molecule has 1 saturated heterocycles. The average molecular weight is 359 g/mol. The molecule has 0 saturated carbocycles. The maximum absolute atomic E-state index is 6.40. The van der Waals surface area contributed by atoms with Gasteiger partial charge >= 0.3 is 0 Å². The number of hydrazine groups is 1. The molecule has 2 aliphatic heterocycles. The lowest BCUT2D eigenvalue weighted by atomic mass is 10.1. The molecule has 0 spiro atoms. The summed E-state index contributed by atoms with van der Waals surface area (Å²) < 4.78 is 12.3. The van der Waals surface area contributed by atoms with Crippen molar-refractivity contribution >= 4 is 29.5 Å². The molecule has 2 N–H and O–H groups in total. The van der Waals surface area contributed by atoms with E-state index >= 15 is 0 Å². The average Bonchev–Trinajstić information content (AvgIpc) is 3.16. The molecule has 0 bridgehead atoms. The molecular weight excluding hydrogens is 339 g/mol. The number of nitrogens with zero attached hydrogens (tertiary/aromatic N) is 2. The van der Waals surface area contributed by atoms with Crippen molar-refractivity contribution in [1.29, 1.82) is 0 Å². The zero-order valence-electron chi connectivity index (χ0n) is 12.9. The van der Waals surface area contributed by atoms with Crippen molar-refractivity contribution < 1.29 is 9.47 Å². The van der Waals surface area contributed by atoms with Crippen molar-refractivity contribution in [3.63, 3.8) is 0 Å². The lowest BCUT2D eigenvalue weighted by molar-refractivity contribution is -0.188. The van der Waals surface area contributed by atoms with Crippen LogP contribution in [0.25, 0.3) is 0 Å². The number of rotatable bonds is 6. The molecule has 2 unspecified atom stereocenters. The maximum atomic E-state index is 6.40. The summed E-state index contributed by atoms with van der Waals surface area (Å²) in [7, 11) is 0. The molecule has 0 aliphatic carbocycles. The minimum Gasteiger partial charge on any atom is -0.340 e. The Morgan fingerprint density at radius 2 is 2.35 bits per heavy atom. The third-order valence-corrected chi connectivity index (χ3v) is 4.28. The Morgan fingerprint density at radius 3 is 3.04 bits per heavy atom. The molecule has 3 rings (SSSR count). The van der Waals surface area contributed by atoms with Gasteiger partial charge in [0.2, 0.25) is 5.79 Å². The first-order chi connectivity index (χ1) is 11.1. The van der Waals surface area contributed by atoms with E-state index in [-0.39, 0.29) is 6.23 Å². The van der Waals surface area contributed by atoms with E-state index in [0.717, 1.165) is 18.5 Å². The van der Waals surface area contributed by atoms with Crippen LogP contribution in [0.1, 0.15) is 18.9 Å². The molecule has 1 aromatic rings. The van der Waals surface area contributed by atoms with E-state index in [9.17, 15) is 0 Å². The van der Waals surface area contributed by atoms with Crippen molar-refractivity contribution in [2.24, 2.45) is 4.99 Å². The van der Waals surface area contributed by atoms with E-state index in [1.807, 2.05) is 11.1 Å². The quantitative estimate of drug-likeness (QED) is 0.817. The molecule has 0 aromatic heterocycles. The van der Waals surface area contributed by atoms with Gasteiger partial charge in [0.15, 0.2) is 0 Å². The van der Waals surface area contributed by atoms with Crippen molar-refractivity contribution in [2.75, 3.05) is 26.4 Å². The van der Waals surface area contributed by atoms with Gasteiger partial charge in [0.1, 0.15) is 19.2 Å². The number of aliphatic imine (C=N–C) groups is 1. The van der Waals surface area contributed by atoms with Crippen molar-refractivity contribution in [3.8, 4) is 0 Å². The molecule has 23 heavy (non-hydrogen) atoms. The van der Waals surface area contributed by atoms with Gasteiger partial charge in [-0.3, -0.25) is 15.3 Å². The van der Waals surface area contributed by atoms with Crippen LogP contribution < -0.4 is 10.7 Å². The Hall–Kier alpha value is -0.890. The highest BCUT2D eigenvalue weighted by molar-refractivity contribution is 6.35. The minimum atomic E-state index is -0.976. The number of nitrogens with one attached hydrogen (secondary N) is 2. The highest BCUT2D eigenvalue weighted by atomic mass is 35.5. The van der Waals surface area contributed by atoms with Crippen LogP contribution in [0.5, 0.6) is 0 Å². The second-order valence-electron chi connectivity index (χ2n) is 5.49. The standard InChI is InChI=1S/C15H20Cl2N4O2/c1-2-5-19-14-7-22-15(23-14,8-21-10-18-9-20-21)12-4-3-11(16)6-13(12)17/h3-4,6,10,14,19-20H,2,5,7-9H2,1H3. The molecule has 2 aliphatic rings. The minimum absolute atomic E-state index is 0.179. The highest BCUT2D eigenvalue weighted by Gasteiger charge is 2.46. The van der Waals surface area contributed by atoms with Crippen LogP contribution in [-0.2, 0) is 15.3 Å². The van der Waals surface area contributed by atoms with Crippen LogP contribution in [0.4, 0.5) is 0 Å². The summed E-state index contributed by atoms with van der Waals surface area (Å²) in [5.41, 5.74) is 3.88. The van der Waals surface area contributed by atoms with Crippen LogP contribution in [0, 0.1) is 0 Å². The van der Waals surface area contributed by atoms with Crippen LogP contribution in [-0.4, -0.2) is 43.9 Å². The Labute approximate surface area is 145 Å². The van der Waals surface area contributed by atoms with E-state index in [1.54, 1.807) is 18.5 Å². The van der Waals surface area contributed by atoms with Gasteiger partial charge in [0.05, 0.1) is 18.2 Å². The molecule has 0 radical (unpaired) electrons. The van der Waals surface area contributed by atoms with Gasteiger partial charge in [-0.15, -0.1) is 0 Å². The SMILES string of the molecule is CCCNC1COC(CN2C=NCN2)(c2ccc(Cl)cc2Cl)O1. The first kappa shape index (κ1) is 17.0. The molecule has 1 fully saturated rings. The number of benzene rings is 1. The fourth-order valence-electron chi connectivity index (χ4n) is 2.65. The van der Waals surface area contributed by atoms with Gasteiger partial charge in [0.25, 0.3) is 0 Å². The topological polar surface area (TPSA) is 58.1 Å². The first-order valence-corrected chi connectivity index (χ1v) is 8.39. The van der Waals surface area contributed by atoms with Crippen molar-refractivity contribution in [2.45, 2.75) is 25.4 Å². The van der Waals surface area contributed by atoms with Crippen molar-refractivity contribution in [1.82, 2.24) is 15.8 Å². The van der Waals surface area contributed by atoms with Crippen LogP contribution in [0.3, 0.4) is 0 Å². The molecule has 126 valence electrons. The molecule has 6 nitrogen and oxygen atoms in total. The summed E-state index contributed by atoms with van der Waals surface area (Å²) in [6, 6.07) is 5.33. The third kappa shape index (κ3) is 3.79. The lowest BCUT2D eigenvalue weighted by Crippen LogP contribution is -2.46. The van der Waals surface area contributed by atoms with Gasteiger partial charge in [0, 0.05) is 10.6 Å². The zero-order valence-corrected chi connectivity index (χ0v) is 14.4. The Balaban J connectivity index is 1.85. The Morgan fingerprint density at radius 1 is 1.48 bits per heavy atom. The zero-order chi connectivity index (χ0) is 16.3. The van der Waals surface area contributed by atoms with Gasteiger partial charge in [-0.25, -0.2) is 5.43 Å². The molecule has 2 heterocycles. The Kier molecular flexibility index (Phi) is 5.41. The van der Waals surface area contributed by atoms with Crippen LogP contribution >= 0.6 is 23.2 Å². The van der Waals surface area contributed by atoms with Gasteiger partial charge in [-0.2, -0.15) is 0 Å². The fraction of sp³-hybridized carbons (Fsp3) is 0.533. The predicted octanol–water partition coefficient (Wildman–Crippen LogP) is 2.32. The molecular formula is C15H20Cl2N4O2. The second-order valence-corrected chi connectivity index (χ2v) is 6.33. The molecule has 2 atom stereocenters. The van der Waals surface area contributed by atoms with E-state index in [1.165, 1.54) is 0 Å². The summed E-state index contributed by atoms with van der Waals surface area (Å²) in [6.07, 6.45) is 2.57. The summed E-state index contributed by atoms with van der Waals surface area (Å²) in [5, 5.41) is 6.26. The normalized spacial score (nSPS) is 27.1. The largest absolute Gasteiger partial charge is 0.340 e. The van der Waals surface area contributed by atoms with E-state index in [2.05, 4.69) is 22.7 Å². The number of ether oxygens (including phenoxy) is 2. The highest BCUT2D eigenvalue weighted by Crippen LogP contribution is 2.39. The van der Waals surface area contributed by atoms with Gasteiger partial charge < -0.3 is 9.47 Å². The third-order valence-electron chi connectivity index (χ3n) is 3.73. The predicted molar refractivity (Wildman–Crippen MR) is 90.5 cm³/mol. The lowest BCUT2D eigenvalue weighted by Gasteiger charge is -2.32. The van der Waals surface area contributed by atoms with E-state index in [0.29, 0.717) is 29.9 Å². The second kappa shape index (κ2) is 7.34. The first-order valence-electron chi connectivity index (χ1n) is 7.64. The summed E-state index contributed by atoms with van der Waals surface area (Å²) in [5.74, 6) is -0.976. The van der Waals surface area contributed by atoms with E-state index in [4.69, 9.17) is 32.7 Å². The van der Waals surface area contributed by atoms with Crippen LogP contribution in [0.15, 0.2) is 23.2 Å². The molecule has 8 heteroatoms.